The molecule has 266 valence electrons. The Kier molecular flexibility index (Phi) is 259. The summed E-state index contributed by atoms with van der Waals surface area (Å²) in [5.74, 6) is -0.901. The van der Waals surface area contributed by atoms with Gasteiger partial charge >= 0.3 is 11.9 Å². The van der Waals surface area contributed by atoms with E-state index in [-0.39, 0.29) is 128 Å². The summed E-state index contributed by atoms with van der Waals surface area (Å²) in [6, 6.07) is 0. The van der Waals surface area contributed by atoms with Crippen molar-refractivity contribution < 1.29 is 33.6 Å². The molecule has 8 heteroatoms. The zero-order valence-electron chi connectivity index (χ0n) is 18.4. The molecule has 0 saturated heterocycles. The van der Waals surface area contributed by atoms with Crippen molar-refractivity contribution in [3.8, 4) is 0 Å². The van der Waals surface area contributed by atoms with Gasteiger partial charge in [-0.05, 0) is 40.0 Å². The molecule has 1 N–H and O–H groups in total. The number of rotatable bonds is 11. The van der Waals surface area contributed by atoms with Crippen LogP contribution in [-0.2, 0) is 28.5 Å². The minimum Gasteiger partial charge on any atom is -0.435 e. The van der Waals surface area contributed by atoms with E-state index in [1.165, 1.54) is 0 Å². The van der Waals surface area contributed by atoms with Crippen LogP contribution in [0.5, 0.6) is 0 Å². The average Bonchev–Trinajstić information content (AvgIpc) is 2.67. The Morgan fingerprint density at radius 1 is 0.585 bits per heavy atom. The summed E-state index contributed by atoms with van der Waals surface area (Å²) in [5, 5.41) is 8.36. The molecule has 0 aliphatic carbocycles. The van der Waals surface area contributed by atoms with Crippen LogP contribution in [-0.4, -0.2) is 48.9 Å². The predicted octanol–water partition coefficient (Wildman–Crippen LogP) is 12.0. The van der Waals surface area contributed by atoms with E-state index in [0.29, 0.717) is 0 Å². The SMILES string of the molecule is C.C.C.C.C.C.C.C.C.C.C.C.C.C=CC(=O)OCOC(C)CC.C=CC(=O)OCOC(C)CC.CCC(C)O.[Rf]. The van der Waals surface area contributed by atoms with Gasteiger partial charge in [-0.1, -0.05) is 130 Å². The Bertz CT molecular complexity index is 360. The van der Waals surface area contributed by atoms with Crippen molar-refractivity contribution in [2.45, 2.75) is 176 Å². The van der Waals surface area contributed by atoms with Crippen molar-refractivity contribution in [2.75, 3.05) is 13.6 Å². The fourth-order valence-corrected chi connectivity index (χ4v) is 0.770. The first kappa shape index (κ1) is 117. The third-order valence-electron chi connectivity index (χ3n) is 3.18. The Labute approximate surface area is 260 Å². The van der Waals surface area contributed by atoms with E-state index in [1.54, 1.807) is 6.92 Å². The molecule has 0 bridgehead atoms. The first-order valence-corrected chi connectivity index (χ1v) is 9.17. The Morgan fingerprint density at radius 3 is 0.902 bits per heavy atom. The topological polar surface area (TPSA) is 91.3 Å². The standard InChI is InChI=1S/2C8H14O3.C4H10O.13CH4.Rf/c2*1-4-7(3)10-6-11-8(9)5-2;1-3-4(2)5;;;;;;;;;;;;;;/h2*5,7H,2,4,6H2,1,3H3;4-5H,3H2,1-2H3;13*1H4;. The second-order valence-electron chi connectivity index (χ2n) is 5.60. The van der Waals surface area contributed by atoms with Crippen LogP contribution in [0.4, 0.5) is 0 Å². The summed E-state index contributed by atoms with van der Waals surface area (Å²) in [6.07, 6.45) is 5.05. The number of aliphatic hydroxyl groups excluding tert-OH is 1. The Morgan fingerprint density at radius 2 is 0.780 bits per heavy atom. The largest absolute Gasteiger partial charge is 0.435 e. The smallest absolute Gasteiger partial charge is 0.332 e. The molecule has 0 aromatic carbocycles. The van der Waals surface area contributed by atoms with E-state index in [1.807, 2.05) is 34.6 Å². The summed E-state index contributed by atoms with van der Waals surface area (Å²) in [6.45, 7) is 18.1. The van der Waals surface area contributed by atoms with Crippen LogP contribution in [0.1, 0.15) is 157 Å². The van der Waals surface area contributed by atoms with Gasteiger partial charge in [0.25, 0.3) is 0 Å². The maximum atomic E-state index is 10.5. The number of hydrogen-bond donors (Lipinski definition) is 1. The van der Waals surface area contributed by atoms with Crippen molar-refractivity contribution in [2.24, 2.45) is 0 Å². The maximum Gasteiger partial charge on any atom is 0.332 e. The minimum atomic E-state index is -0.451. The maximum absolute atomic E-state index is 10.5. The van der Waals surface area contributed by atoms with Gasteiger partial charge in [-0.2, -0.15) is 0 Å². The molecule has 0 aliphatic rings. The third kappa shape index (κ3) is 125. The number of ether oxygens (including phenoxy) is 4. The number of carbonyl (C=O) groups excluding carboxylic acids is 2. The molecule has 0 radical (unpaired) electrons. The molecule has 0 aliphatic heterocycles. The molecule has 41 heavy (non-hydrogen) atoms. The Hall–Kier alpha value is -2.70. The van der Waals surface area contributed by atoms with Crippen LogP contribution in [0.3, 0.4) is 0 Å². The van der Waals surface area contributed by atoms with Crippen molar-refractivity contribution in [3.05, 3.63) is 25.3 Å². The van der Waals surface area contributed by atoms with Crippen molar-refractivity contribution in [1.82, 2.24) is 0 Å². The van der Waals surface area contributed by atoms with E-state index < -0.39 is 11.9 Å². The van der Waals surface area contributed by atoms with Gasteiger partial charge in [0.2, 0.25) is 0 Å². The van der Waals surface area contributed by atoms with E-state index in [9.17, 15) is 9.59 Å². The van der Waals surface area contributed by atoms with Gasteiger partial charge in [0.05, 0.1) is 18.3 Å². The molecule has 0 aromatic heterocycles. The Balaban J connectivity index is -0.0000000124. The molecule has 0 spiro atoms. The number of hydrogen-bond acceptors (Lipinski definition) is 7. The summed E-state index contributed by atoms with van der Waals surface area (Å²) >= 11 is 0. The van der Waals surface area contributed by atoms with Crippen LogP contribution in [0.15, 0.2) is 25.3 Å². The second-order valence-corrected chi connectivity index (χ2v) is 5.60. The van der Waals surface area contributed by atoms with Crippen LogP contribution in [0.25, 0.3) is 0 Å². The first-order valence-electron chi connectivity index (χ1n) is 9.17. The summed E-state index contributed by atoms with van der Waals surface area (Å²) < 4.78 is 19.3. The van der Waals surface area contributed by atoms with Crippen molar-refractivity contribution >= 4 is 11.9 Å². The average molecular weight is 866 g/mol. The van der Waals surface area contributed by atoms with Crippen LogP contribution in [0.2, 0.25) is 0 Å². The molecular formula is C33H90O7Rf. The molecule has 7 nitrogen and oxygen atoms in total. The van der Waals surface area contributed by atoms with Gasteiger partial charge in [0.15, 0.2) is 13.6 Å². The minimum absolute atomic E-state index is 0. The van der Waals surface area contributed by atoms with Gasteiger partial charge in [-0.3, -0.25) is 0 Å². The summed E-state index contributed by atoms with van der Waals surface area (Å²) in [5.41, 5.74) is 0. The molecule has 0 amide bonds. The zero-order valence-corrected chi connectivity index (χ0v) is 24.8. The van der Waals surface area contributed by atoms with Gasteiger partial charge in [0.1, 0.15) is 0 Å². The second kappa shape index (κ2) is 90.5. The van der Waals surface area contributed by atoms with Crippen LogP contribution in [0, 0.1) is 0 Å². The summed E-state index contributed by atoms with van der Waals surface area (Å²) in [7, 11) is 0. The quantitative estimate of drug-likeness (QED) is 0.126. The molecule has 0 rings (SSSR count). The monoisotopic (exact) mass is 866 g/mol. The van der Waals surface area contributed by atoms with E-state index in [2.05, 4.69) is 22.6 Å². The van der Waals surface area contributed by atoms with E-state index in [0.717, 1.165) is 31.4 Å². The molecule has 3 unspecified atom stereocenters. The van der Waals surface area contributed by atoms with E-state index >= 15 is 0 Å². The van der Waals surface area contributed by atoms with Crippen molar-refractivity contribution in [1.29, 1.82) is 0 Å². The third-order valence-corrected chi connectivity index (χ3v) is 3.18. The number of aliphatic hydroxyl groups is 1. The molecule has 0 aromatic rings. The first-order chi connectivity index (χ1) is 12.7. The summed E-state index contributed by atoms with van der Waals surface area (Å²) in [4.78, 5) is 20.9. The van der Waals surface area contributed by atoms with E-state index in [4.69, 9.17) is 14.6 Å². The van der Waals surface area contributed by atoms with Gasteiger partial charge in [-0.15, -0.1) is 0 Å². The normalized spacial score (nSPS) is 8.37. The zero-order chi connectivity index (χ0) is 21.7. The molecule has 0 saturated carbocycles. The molecule has 0 fully saturated rings. The molecule has 3 atom stereocenters. The van der Waals surface area contributed by atoms with Gasteiger partial charge < -0.3 is 24.1 Å². The number of esters is 2. The molecular weight excluding hydrogens is 775 g/mol. The molecule has 0 heterocycles. The van der Waals surface area contributed by atoms with Crippen molar-refractivity contribution in [3.63, 3.8) is 0 Å². The van der Waals surface area contributed by atoms with Gasteiger partial charge in [0, 0.05) is 12.2 Å². The predicted molar refractivity (Wildman–Crippen MR) is 193 cm³/mol. The van der Waals surface area contributed by atoms with Crippen LogP contribution < -0.4 is 0 Å². The fourth-order valence-electron chi connectivity index (χ4n) is 0.770. The van der Waals surface area contributed by atoms with Gasteiger partial charge in [-0.25, -0.2) is 9.59 Å². The number of carbonyl (C=O) groups is 2. The van der Waals surface area contributed by atoms with Crippen LogP contribution >= 0.6 is 0 Å². The fraction of sp³-hybridized carbons (Fsp3) is 0.818.